The highest BCUT2D eigenvalue weighted by Gasteiger charge is 2.22. The predicted octanol–water partition coefficient (Wildman–Crippen LogP) is 3.54. The van der Waals surface area contributed by atoms with Crippen LogP contribution in [-0.4, -0.2) is 35.6 Å². The van der Waals surface area contributed by atoms with Gasteiger partial charge in [0, 0.05) is 36.8 Å². The number of oxazole rings is 1. The Balaban J connectivity index is 1.65. The van der Waals surface area contributed by atoms with Gasteiger partial charge in [-0.05, 0) is 38.9 Å². The van der Waals surface area contributed by atoms with Crippen molar-refractivity contribution in [2.75, 3.05) is 18.9 Å². The van der Waals surface area contributed by atoms with E-state index in [4.69, 9.17) is 4.42 Å². The molecule has 1 aromatic carbocycles. The van der Waals surface area contributed by atoms with Crippen molar-refractivity contribution in [3.05, 3.63) is 36.4 Å². The van der Waals surface area contributed by atoms with Gasteiger partial charge in [-0.3, -0.25) is 0 Å². The smallest absolute Gasteiger partial charge is 0.191 e. The number of rotatable bonds is 3. The van der Waals surface area contributed by atoms with Gasteiger partial charge in [0.1, 0.15) is 12.0 Å². The summed E-state index contributed by atoms with van der Waals surface area (Å²) in [5.74, 6) is 0.701. The van der Waals surface area contributed by atoms with Crippen LogP contribution in [0.15, 0.2) is 34.9 Å². The monoisotopic (exact) mass is 285 g/mol. The Morgan fingerprint density at radius 1 is 1.29 bits per heavy atom. The van der Waals surface area contributed by atoms with E-state index < -0.39 is 0 Å². The summed E-state index contributed by atoms with van der Waals surface area (Å²) in [6.45, 7) is 5.32. The van der Waals surface area contributed by atoms with E-state index in [0.29, 0.717) is 18.0 Å². The molecule has 0 spiro atoms. The summed E-state index contributed by atoms with van der Waals surface area (Å²) in [6.07, 6.45) is 4.10. The Bertz CT molecular complexity index is 590. The number of aromatic nitrogens is 1. The third kappa shape index (κ3) is 3.27. The minimum absolute atomic E-state index is 0.566. The highest BCUT2D eigenvalue weighted by Crippen LogP contribution is 2.23. The summed E-state index contributed by atoms with van der Waals surface area (Å²) >= 11 is 0. The molecule has 4 heteroatoms. The van der Waals surface area contributed by atoms with E-state index in [-0.39, 0.29) is 0 Å². The minimum Gasteiger partial charge on any atom is -0.449 e. The maximum Gasteiger partial charge on any atom is 0.191 e. The molecule has 3 rings (SSSR count). The standard InChI is InChI=1S/C17H23N3O/c1-12-10-16(8-9-20(12)3)19-15-6-4-14(5-7-15)17-11-21-13(2)18-17/h4-7,11-12,16,19H,8-10H2,1-3H3. The van der Waals surface area contributed by atoms with Crippen molar-refractivity contribution < 1.29 is 4.42 Å². The maximum atomic E-state index is 5.26. The number of nitrogens with zero attached hydrogens (tertiary/aromatic N) is 2. The number of piperidine rings is 1. The SMILES string of the molecule is Cc1nc(-c2ccc(NC3CCN(C)C(C)C3)cc2)co1. The summed E-state index contributed by atoms with van der Waals surface area (Å²) in [6, 6.07) is 9.66. The van der Waals surface area contributed by atoms with Gasteiger partial charge in [0.2, 0.25) is 0 Å². The second kappa shape index (κ2) is 5.90. The quantitative estimate of drug-likeness (QED) is 0.936. The molecule has 1 aromatic heterocycles. The molecule has 1 aliphatic rings. The van der Waals surface area contributed by atoms with Crippen molar-refractivity contribution in [1.82, 2.24) is 9.88 Å². The predicted molar refractivity (Wildman–Crippen MR) is 85.4 cm³/mol. The van der Waals surface area contributed by atoms with E-state index in [9.17, 15) is 0 Å². The number of hydrogen-bond acceptors (Lipinski definition) is 4. The third-order valence-corrected chi connectivity index (χ3v) is 4.38. The Kier molecular flexibility index (Phi) is 3.97. The molecule has 0 aliphatic carbocycles. The zero-order chi connectivity index (χ0) is 14.8. The lowest BCUT2D eigenvalue weighted by Gasteiger charge is -2.35. The lowest BCUT2D eigenvalue weighted by atomic mass is 9.98. The Hall–Kier alpha value is -1.81. The lowest BCUT2D eigenvalue weighted by molar-refractivity contribution is 0.190. The summed E-state index contributed by atoms with van der Waals surface area (Å²) in [5, 5.41) is 3.65. The average Bonchev–Trinajstić information content (AvgIpc) is 2.90. The highest BCUT2D eigenvalue weighted by atomic mass is 16.3. The van der Waals surface area contributed by atoms with Gasteiger partial charge in [-0.1, -0.05) is 12.1 Å². The first-order valence-corrected chi connectivity index (χ1v) is 7.61. The van der Waals surface area contributed by atoms with Crippen molar-refractivity contribution in [1.29, 1.82) is 0 Å². The summed E-state index contributed by atoms with van der Waals surface area (Å²) in [5.41, 5.74) is 3.17. The molecule has 0 radical (unpaired) electrons. The van der Waals surface area contributed by atoms with Crippen LogP contribution in [0, 0.1) is 6.92 Å². The van der Waals surface area contributed by atoms with Crippen LogP contribution in [-0.2, 0) is 0 Å². The van der Waals surface area contributed by atoms with Gasteiger partial charge < -0.3 is 14.6 Å². The second-order valence-corrected chi connectivity index (χ2v) is 6.02. The second-order valence-electron chi connectivity index (χ2n) is 6.02. The third-order valence-electron chi connectivity index (χ3n) is 4.38. The van der Waals surface area contributed by atoms with Crippen LogP contribution in [0.2, 0.25) is 0 Å². The molecular weight excluding hydrogens is 262 g/mol. The first-order valence-electron chi connectivity index (χ1n) is 7.61. The van der Waals surface area contributed by atoms with Gasteiger partial charge in [0.25, 0.3) is 0 Å². The molecule has 2 unspecified atom stereocenters. The van der Waals surface area contributed by atoms with Crippen LogP contribution in [0.5, 0.6) is 0 Å². The van der Waals surface area contributed by atoms with Crippen molar-refractivity contribution in [3.63, 3.8) is 0 Å². The van der Waals surface area contributed by atoms with Gasteiger partial charge in [0.15, 0.2) is 5.89 Å². The molecule has 0 bridgehead atoms. The lowest BCUT2D eigenvalue weighted by Crippen LogP contribution is -2.42. The van der Waals surface area contributed by atoms with E-state index in [1.807, 2.05) is 6.92 Å². The number of likely N-dealkylation sites (tertiary alicyclic amines) is 1. The highest BCUT2D eigenvalue weighted by molar-refractivity contribution is 5.62. The van der Waals surface area contributed by atoms with E-state index >= 15 is 0 Å². The maximum absolute atomic E-state index is 5.26. The van der Waals surface area contributed by atoms with E-state index in [1.54, 1.807) is 6.26 Å². The van der Waals surface area contributed by atoms with E-state index in [0.717, 1.165) is 17.8 Å². The van der Waals surface area contributed by atoms with Gasteiger partial charge in [-0.25, -0.2) is 4.98 Å². The molecule has 1 saturated heterocycles. The van der Waals surface area contributed by atoms with Gasteiger partial charge in [-0.15, -0.1) is 0 Å². The van der Waals surface area contributed by atoms with Crippen LogP contribution < -0.4 is 5.32 Å². The van der Waals surface area contributed by atoms with Crippen LogP contribution in [0.3, 0.4) is 0 Å². The number of hydrogen-bond donors (Lipinski definition) is 1. The van der Waals surface area contributed by atoms with Crippen LogP contribution in [0.1, 0.15) is 25.7 Å². The summed E-state index contributed by atoms with van der Waals surface area (Å²) in [4.78, 5) is 6.78. The first kappa shape index (κ1) is 14.1. The van der Waals surface area contributed by atoms with Crippen molar-refractivity contribution in [3.8, 4) is 11.3 Å². The van der Waals surface area contributed by atoms with Crippen LogP contribution in [0.4, 0.5) is 5.69 Å². The van der Waals surface area contributed by atoms with Crippen molar-refractivity contribution in [2.24, 2.45) is 0 Å². The molecule has 1 aliphatic heterocycles. The first-order chi connectivity index (χ1) is 10.1. The molecule has 4 nitrogen and oxygen atoms in total. The fourth-order valence-corrected chi connectivity index (χ4v) is 2.89. The fraction of sp³-hybridized carbons (Fsp3) is 0.471. The normalized spacial score (nSPS) is 23.2. The van der Waals surface area contributed by atoms with Gasteiger partial charge in [0.05, 0.1) is 0 Å². The summed E-state index contributed by atoms with van der Waals surface area (Å²) in [7, 11) is 2.20. The average molecular weight is 285 g/mol. The molecular formula is C17H23N3O. The number of anilines is 1. The number of aryl methyl sites for hydroxylation is 1. The Morgan fingerprint density at radius 3 is 2.67 bits per heavy atom. The van der Waals surface area contributed by atoms with Crippen molar-refractivity contribution >= 4 is 5.69 Å². The van der Waals surface area contributed by atoms with Crippen LogP contribution in [0.25, 0.3) is 11.3 Å². The van der Waals surface area contributed by atoms with Gasteiger partial charge in [-0.2, -0.15) is 0 Å². The molecule has 0 amide bonds. The molecule has 1 fully saturated rings. The molecule has 1 N–H and O–H groups in total. The van der Waals surface area contributed by atoms with Gasteiger partial charge >= 0.3 is 0 Å². The van der Waals surface area contributed by atoms with Crippen molar-refractivity contribution in [2.45, 2.75) is 38.8 Å². The molecule has 2 atom stereocenters. The minimum atomic E-state index is 0.566. The fourth-order valence-electron chi connectivity index (χ4n) is 2.89. The molecule has 2 aromatic rings. The Morgan fingerprint density at radius 2 is 2.05 bits per heavy atom. The number of benzene rings is 1. The zero-order valence-corrected chi connectivity index (χ0v) is 13.0. The van der Waals surface area contributed by atoms with E-state index in [2.05, 4.69) is 53.4 Å². The summed E-state index contributed by atoms with van der Waals surface area (Å²) < 4.78 is 5.26. The molecule has 2 heterocycles. The molecule has 0 saturated carbocycles. The van der Waals surface area contributed by atoms with E-state index in [1.165, 1.54) is 18.5 Å². The zero-order valence-electron chi connectivity index (χ0n) is 13.0. The molecule has 112 valence electrons. The Labute approximate surface area is 126 Å². The van der Waals surface area contributed by atoms with Crippen LogP contribution >= 0.6 is 0 Å². The largest absolute Gasteiger partial charge is 0.449 e. The number of nitrogens with one attached hydrogen (secondary N) is 1. The molecule has 21 heavy (non-hydrogen) atoms. The topological polar surface area (TPSA) is 41.3 Å².